The molecule has 180 valence electrons. The van der Waals surface area contributed by atoms with Gasteiger partial charge in [0.25, 0.3) is 5.91 Å². The number of hydrazine groups is 1. The van der Waals surface area contributed by atoms with E-state index in [1.807, 2.05) is 61.0 Å². The van der Waals surface area contributed by atoms with E-state index in [9.17, 15) is 14.4 Å². The van der Waals surface area contributed by atoms with E-state index in [0.29, 0.717) is 16.8 Å². The van der Waals surface area contributed by atoms with Crippen LogP contribution < -0.4 is 13.9 Å². The van der Waals surface area contributed by atoms with Crippen LogP contribution in [0, 0.1) is 5.92 Å². The largest absolute Gasteiger partial charge is 0.326 e. The SMILES string of the molecule is C[C@@H]1C[C@@H](C(=O)Nc2cccc(Br)n2)N(C(=O)CN2c3ccccc3C(C(=O)NI)N2I)[C@@H]1C. The van der Waals surface area contributed by atoms with Crippen LogP contribution >= 0.6 is 61.7 Å². The van der Waals surface area contributed by atoms with Crippen molar-refractivity contribution in [1.29, 1.82) is 0 Å². The Morgan fingerprint density at radius 1 is 1.12 bits per heavy atom. The number of para-hydroxylation sites is 1. The minimum Gasteiger partial charge on any atom is -0.326 e. The van der Waals surface area contributed by atoms with Gasteiger partial charge in [-0.3, -0.25) is 22.9 Å². The van der Waals surface area contributed by atoms with E-state index in [2.05, 4.69) is 52.6 Å². The number of likely N-dealkylation sites (tertiary alicyclic amines) is 1. The number of nitrogens with one attached hydrogen (secondary N) is 2. The molecule has 12 heteroatoms. The van der Waals surface area contributed by atoms with Crippen molar-refractivity contribution in [3.8, 4) is 0 Å². The molecule has 0 aliphatic carbocycles. The van der Waals surface area contributed by atoms with Crippen molar-refractivity contribution in [3.63, 3.8) is 0 Å². The zero-order valence-electron chi connectivity index (χ0n) is 18.4. The fourth-order valence-corrected chi connectivity index (χ4v) is 6.08. The molecule has 1 aromatic carbocycles. The highest BCUT2D eigenvalue weighted by molar-refractivity contribution is 14.1. The summed E-state index contributed by atoms with van der Waals surface area (Å²) < 4.78 is 5.04. The number of aromatic nitrogens is 1. The zero-order valence-corrected chi connectivity index (χ0v) is 24.3. The Kier molecular flexibility index (Phi) is 7.99. The number of nitrogens with zero attached hydrogens (tertiary/aromatic N) is 4. The third-order valence-electron chi connectivity index (χ3n) is 6.33. The van der Waals surface area contributed by atoms with Gasteiger partial charge >= 0.3 is 0 Å². The number of hydrogen-bond acceptors (Lipinski definition) is 6. The summed E-state index contributed by atoms with van der Waals surface area (Å²) in [6.45, 7) is 4.03. The molecule has 2 aliphatic heterocycles. The summed E-state index contributed by atoms with van der Waals surface area (Å²) in [4.78, 5) is 45.3. The summed E-state index contributed by atoms with van der Waals surface area (Å²) in [5.41, 5.74) is 1.63. The van der Waals surface area contributed by atoms with Gasteiger partial charge in [-0.1, -0.05) is 31.2 Å². The Labute approximate surface area is 234 Å². The van der Waals surface area contributed by atoms with Crippen molar-refractivity contribution < 1.29 is 14.4 Å². The van der Waals surface area contributed by atoms with E-state index in [0.717, 1.165) is 11.3 Å². The van der Waals surface area contributed by atoms with Crippen LogP contribution in [0.3, 0.4) is 0 Å². The number of pyridine rings is 1. The van der Waals surface area contributed by atoms with E-state index >= 15 is 0 Å². The second-order valence-electron chi connectivity index (χ2n) is 8.37. The van der Waals surface area contributed by atoms with E-state index < -0.39 is 12.1 Å². The van der Waals surface area contributed by atoms with Gasteiger partial charge in [-0.05, 0) is 53.4 Å². The first kappa shape index (κ1) is 25.6. The molecule has 3 heterocycles. The molecule has 9 nitrogen and oxygen atoms in total. The van der Waals surface area contributed by atoms with Gasteiger partial charge in [0.1, 0.15) is 29.0 Å². The second-order valence-corrected chi connectivity index (χ2v) is 10.7. The normalized spacial score (nSPS) is 24.1. The van der Waals surface area contributed by atoms with Crippen molar-refractivity contribution in [2.45, 2.75) is 38.4 Å². The predicted octanol–water partition coefficient (Wildman–Crippen LogP) is 4.00. The molecule has 0 saturated carbocycles. The molecule has 3 amide bonds. The topological polar surface area (TPSA) is 97.9 Å². The van der Waals surface area contributed by atoms with Crippen LogP contribution in [-0.4, -0.2) is 49.5 Å². The molecule has 2 N–H and O–H groups in total. The van der Waals surface area contributed by atoms with Crippen LogP contribution in [0.2, 0.25) is 0 Å². The maximum absolute atomic E-state index is 13.6. The lowest BCUT2D eigenvalue weighted by Gasteiger charge is -2.33. The van der Waals surface area contributed by atoms with E-state index in [1.165, 1.54) is 0 Å². The molecular formula is C22H23BrI2N6O3. The fourth-order valence-electron chi connectivity index (χ4n) is 4.51. The monoisotopic (exact) mass is 752 g/mol. The molecule has 1 saturated heterocycles. The first-order valence-electron chi connectivity index (χ1n) is 10.7. The number of anilines is 2. The maximum atomic E-state index is 13.6. The van der Waals surface area contributed by atoms with Gasteiger partial charge in [0, 0.05) is 34.5 Å². The van der Waals surface area contributed by atoms with Gasteiger partial charge in [-0.15, -0.1) is 3.22 Å². The lowest BCUT2D eigenvalue weighted by Crippen LogP contribution is -2.51. The lowest BCUT2D eigenvalue weighted by atomic mass is 10.0. The van der Waals surface area contributed by atoms with Gasteiger partial charge in [0.15, 0.2) is 0 Å². The van der Waals surface area contributed by atoms with Crippen molar-refractivity contribution >= 4 is 90.9 Å². The molecule has 0 radical (unpaired) electrons. The number of rotatable bonds is 5. The van der Waals surface area contributed by atoms with E-state index in [1.54, 1.807) is 31.3 Å². The number of benzene rings is 1. The fraction of sp³-hybridized carbons (Fsp3) is 0.364. The van der Waals surface area contributed by atoms with E-state index in [4.69, 9.17) is 0 Å². The molecule has 0 bridgehead atoms. The number of fused-ring (bicyclic) bond motifs is 1. The van der Waals surface area contributed by atoms with Gasteiger partial charge in [0.2, 0.25) is 11.8 Å². The molecule has 2 aromatic rings. The van der Waals surface area contributed by atoms with Crippen molar-refractivity contribution in [2.75, 3.05) is 16.9 Å². The highest BCUT2D eigenvalue weighted by atomic mass is 127. The summed E-state index contributed by atoms with van der Waals surface area (Å²) in [6.07, 6.45) is 0.567. The van der Waals surface area contributed by atoms with Gasteiger partial charge in [-0.25, -0.2) is 4.98 Å². The number of amides is 3. The summed E-state index contributed by atoms with van der Waals surface area (Å²) in [7, 11) is 0. The Morgan fingerprint density at radius 2 is 1.85 bits per heavy atom. The highest BCUT2D eigenvalue weighted by Crippen LogP contribution is 2.42. The third kappa shape index (κ3) is 4.91. The van der Waals surface area contributed by atoms with E-state index in [-0.39, 0.29) is 36.2 Å². The zero-order chi connectivity index (χ0) is 24.6. The first-order valence-corrected chi connectivity index (χ1v) is 13.5. The molecule has 2 aliphatic rings. The quantitative estimate of drug-likeness (QED) is 0.273. The number of halogens is 3. The number of hydrogen-bond donors (Lipinski definition) is 2. The van der Waals surface area contributed by atoms with Crippen molar-refractivity contribution in [3.05, 3.63) is 52.6 Å². The molecule has 1 fully saturated rings. The van der Waals surface area contributed by atoms with Crippen LogP contribution in [0.1, 0.15) is 31.9 Å². The minimum atomic E-state index is -0.604. The number of carbonyl (C=O) groups excluding carboxylic acids is 3. The average molecular weight is 753 g/mol. The summed E-state index contributed by atoms with van der Waals surface area (Å²) >= 11 is 7.20. The molecular weight excluding hydrogens is 730 g/mol. The molecule has 1 unspecified atom stereocenters. The van der Waals surface area contributed by atoms with Crippen LogP contribution in [0.4, 0.5) is 11.5 Å². The first-order chi connectivity index (χ1) is 16.2. The smallest absolute Gasteiger partial charge is 0.253 e. The highest BCUT2D eigenvalue weighted by Gasteiger charge is 2.46. The Balaban J connectivity index is 1.56. The Hall–Kier alpha value is -1.52. The molecule has 4 atom stereocenters. The van der Waals surface area contributed by atoms with Gasteiger partial charge in [-0.2, -0.15) is 0 Å². The van der Waals surface area contributed by atoms with Gasteiger partial charge < -0.3 is 10.2 Å². The molecule has 34 heavy (non-hydrogen) atoms. The summed E-state index contributed by atoms with van der Waals surface area (Å²) in [5.74, 6) is -0.0103. The molecule has 4 rings (SSSR count). The third-order valence-corrected chi connectivity index (χ3v) is 8.38. The van der Waals surface area contributed by atoms with Crippen LogP contribution in [-0.2, 0) is 14.4 Å². The average Bonchev–Trinajstić information content (AvgIpc) is 3.26. The van der Waals surface area contributed by atoms with Gasteiger partial charge in [0.05, 0.1) is 28.6 Å². The molecule has 0 spiro atoms. The van der Waals surface area contributed by atoms with Crippen LogP contribution in [0.15, 0.2) is 47.1 Å². The minimum absolute atomic E-state index is 0.0148. The van der Waals surface area contributed by atoms with Crippen molar-refractivity contribution in [1.82, 2.24) is 16.6 Å². The molecule has 1 aromatic heterocycles. The summed E-state index contributed by atoms with van der Waals surface area (Å²) in [5, 5.41) is 4.65. The lowest BCUT2D eigenvalue weighted by molar-refractivity contribution is -0.137. The summed E-state index contributed by atoms with van der Waals surface area (Å²) in [6, 6.07) is 11.6. The van der Waals surface area contributed by atoms with Crippen LogP contribution in [0.5, 0.6) is 0 Å². The predicted molar refractivity (Wildman–Crippen MR) is 149 cm³/mol. The Morgan fingerprint density at radius 3 is 2.56 bits per heavy atom. The standard InChI is InChI=1S/C22H23BrI2N6O3/c1-12-10-16(21(33)27-18-9-5-8-17(23)26-18)30(13(12)2)19(32)11-29-15-7-4-3-6-14(15)20(31(29)25)22(34)28-24/h3-9,12-13,16,20H,10-11H2,1-2H3,(H,28,34)(H,26,27,33)/t12-,13-,16+,20?/m1/s1. The number of carbonyl (C=O) groups is 3. The maximum Gasteiger partial charge on any atom is 0.253 e. The van der Waals surface area contributed by atoms with Crippen molar-refractivity contribution in [2.24, 2.45) is 5.92 Å². The van der Waals surface area contributed by atoms with Crippen LogP contribution in [0.25, 0.3) is 0 Å². The Bertz CT molecular complexity index is 1120. The second kappa shape index (κ2) is 10.6.